The summed E-state index contributed by atoms with van der Waals surface area (Å²) in [5.41, 5.74) is 0.726. The summed E-state index contributed by atoms with van der Waals surface area (Å²) in [6.07, 6.45) is 5.96. The highest BCUT2D eigenvalue weighted by Crippen LogP contribution is 2.16. The monoisotopic (exact) mass is 344 g/mol. The van der Waals surface area contributed by atoms with Gasteiger partial charge in [-0.15, -0.1) is 0 Å². The molecular formula is C14H25BrN4O. The van der Waals surface area contributed by atoms with E-state index < -0.39 is 0 Å². The number of halogens is 1. The molecule has 1 aromatic heterocycles. The predicted molar refractivity (Wildman–Crippen MR) is 87.4 cm³/mol. The molecule has 20 heavy (non-hydrogen) atoms. The highest BCUT2D eigenvalue weighted by molar-refractivity contribution is 9.10. The third-order valence-corrected chi connectivity index (χ3v) is 3.82. The molecule has 0 radical (unpaired) electrons. The zero-order valence-corrected chi connectivity index (χ0v) is 14.2. The van der Waals surface area contributed by atoms with Crippen LogP contribution in [0.1, 0.15) is 32.6 Å². The van der Waals surface area contributed by atoms with E-state index in [1.165, 1.54) is 4.68 Å². The van der Waals surface area contributed by atoms with Gasteiger partial charge >= 0.3 is 0 Å². The Morgan fingerprint density at radius 3 is 2.75 bits per heavy atom. The molecular weight excluding hydrogens is 320 g/mol. The van der Waals surface area contributed by atoms with Gasteiger partial charge in [0.2, 0.25) is 0 Å². The highest BCUT2D eigenvalue weighted by atomic mass is 79.9. The van der Waals surface area contributed by atoms with E-state index in [4.69, 9.17) is 0 Å². The number of aryl methyl sites for hydroxylation is 1. The Bertz CT molecular complexity index is 459. The second kappa shape index (κ2) is 9.13. The van der Waals surface area contributed by atoms with Gasteiger partial charge in [-0.2, -0.15) is 5.10 Å². The van der Waals surface area contributed by atoms with Gasteiger partial charge in [0.05, 0.1) is 11.9 Å². The van der Waals surface area contributed by atoms with Gasteiger partial charge in [0, 0.05) is 13.1 Å². The van der Waals surface area contributed by atoms with E-state index in [2.05, 4.69) is 52.3 Å². The minimum atomic E-state index is -0.0586. The number of nitrogens with zero attached hydrogens (tertiary/aromatic N) is 3. The molecule has 0 aliphatic heterocycles. The molecule has 0 aromatic carbocycles. The Labute approximate surface area is 129 Å². The summed E-state index contributed by atoms with van der Waals surface area (Å²) in [5, 5.41) is 7.48. The Morgan fingerprint density at radius 1 is 1.35 bits per heavy atom. The van der Waals surface area contributed by atoms with Crippen molar-refractivity contribution in [2.45, 2.75) is 39.2 Å². The first-order valence-corrected chi connectivity index (χ1v) is 7.99. The number of anilines is 1. The van der Waals surface area contributed by atoms with E-state index in [1.54, 1.807) is 6.20 Å². The lowest BCUT2D eigenvalue weighted by atomic mass is 10.3. The second-order valence-electron chi connectivity index (χ2n) is 5.19. The highest BCUT2D eigenvalue weighted by Gasteiger charge is 2.07. The molecule has 0 spiro atoms. The maximum Gasteiger partial charge on any atom is 0.283 e. The Kier molecular flexibility index (Phi) is 7.84. The smallest absolute Gasteiger partial charge is 0.283 e. The summed E-state index contributed by atoms with van der Waals surface area (Å²) >= 11 is 3.37. The molecule has 0 atom stereocenters. The standard InChI is InChI=1S/C14H25BrN4O/c1-4-5-10-19-14(20)13(15)12(11-17-19)16-8-6-7-9-18(2)3/h11,16H,4-10H2,1-3H3. The van der Waals surface area contributed by atoms with Crippen molar-refractivity contribution < 1.29 is 0 Å². The summed E-state index contributed by atoms with van der Waals surface area (Å²) in [5.74, 6) is 0. The normalized spacial score (nSPS) is 11.1. The summed E-state index contributed by atoms with van der Waals surface area (Å²) in [7, 11) is 4.15. The van der Waals surface area contributed by atoms with Crippen molar-refractivity contribution in [3.05, 3.63) is 21.0 Å². The van der Waals surface area contributed by atoms with Crippen LogP contribution in [0.2, 0.25) is 0 Å². The van der Waals surface area contributed by atoms with Crippen molar-refractivity contribution in [2.75, 3.05) is 32.5 Å². The maximum absolute atomic E-state index is 12.1. The third-order valence-electron chi connectivity index (χ3n) is 3.06. The minimum Gasteiger partial charge on any atom is -0.383 e. The lowest BCUT2D eigenvalue weighted by Gasteiger charge is -2.11. The molecule has 114 valence electrons. The van der Waals surface area contributed by atoms with E-state index in [0.717, 1.165) is 44.5 Å². The van der Waals surface area contributed by atoms with Gasteiger partial charge in [0.1, 0.15) is 4.47 Å². The van der Waals surface area contributed by atoms with Gasteiger partial charge < -0.3 is 10.2 Å². The first-order valence-electron chi connectivity index (χ1n) is 7.20. The van der Waals surface area contributed by atoms with Gasteiger partial charge in [-0.1, -0.05) is 13.3 Å². The minimum absolute atomic E-state index is 0.0586. The lowest BCUT2D eigenvalue weighted by molar-refractivity contribution is 0.396. The largest absolute Gasteiger partial charge is 0.383 e. The first-order chi connectivity index (χ1) is 9.56. The molecule has 1 rings (SSSR count). The van der Waals surface area contributed by atoms with Crippen LogP contribution in [0.3, 0.4) is 0 Å². The van der Waals surface area contributed by atoms with Crippen molar-refractivity contribution in [3.8, 4) is 0 Å². The van der Waals surface area contributed by atoms with Crippen molar-refractivity contribution in [1.82, 2.24) is 14.7 Å². The fraction of sp³-hybridized carbons (Fsp3) is 0.714. The average molecular weight is 345 g/mol. The molecule has 0 aliphatic carbocycles. The zero-order valence-electron chi connectivity index (χ0n) is 12.7. The van der Waals surface area contributed by atoms with E-state index in [0.29, 0.717) is 11.0 Å². The summed E-state index contributed by atoms with van der Waals surface area (Å²) in [4.78, 5) is 14.3. The predicted octanol–water partition coefficient (Wildman–Crippen LogP) is 2.56. The van der Waals surface area contributed by atoms with E-state index >= 15 is 0 Å². The topological polar surface area (TPSA) is 50.2 Å². The second-order valence-corrected chi connectivity index (χ2v) is 5.98. The van der Waals surface area contributed by atoms with Crippen LogP contribution in [0.5, 0.6) is 0 Å². The summed E-state index contributed by atoms with van der Waals surface area (Å²) in [6, 6.07) is 0. The summed E-state index contributed by atoms with van der Waals surface area (Å²) in [6.45, 7) is 4.72. The van der Waals surface area contributed by atoms with E-state index in [9.17, 15) is 4.79 Å². The van der Waals surface area contributed by atoms with Crippen LogP contribution in [-0.2, 0) is 6.54 Å². The molecule has 0 saturated heterocycles. The Morgan fingerprint density at radius 2 is 2.10 bits per heavy atom. The van der Waals surface area contributed by atoms with Gasteiger partial charge in [-0.25, -0.2) is 4.68 Å². The molecule has 5 nitrogen and oxygen atoms in total. The van der Waals surface area contributed by atoms with Crippen LogP contribution in [-0.4, -0.2) is 41.9 Å². The van der Waals surface area contributed by atoms with E-state index in [1.807, 2.05) is 0 Å². The number of unbranched alkanes of at least 4 members (excludes halogenated alkanes) is 2. The number of hydrogen-bond donors (Lipinski definition) is 1. The molecule has 1 aromatic rings. The maximum atomic E-state index is 12.1. The van der Waals surface area contributed by atoms with Crippen LogP contribution in [0, 0.1) is 0 Å². The van der Waals surface area contributed by atoms with Crippen LogP contribution < -0.4 is 10.9 Å². The third kappa shape index (κ3) is 5.63. The Balaban J connectivity index is 2.51. The fourth-order valence-corrected chi connectivity index (χ4v) is 2.28. The quantitative estimate of drug-likeness (QED) is 0.699. The van der Waals surface area contributed by atoms with Crippen LogP contribution in [0.15, 0.2) is 15.5 Å². The van der Waals surface area contributed by atoms with Gasteiger partial charge in [-0.05, 0) is 55.8 Å². The van der Waals surface area contributed by atoms with Crippen molar-refractivity contribution in [2.24, 2.45) is 0 Å². The molecule has 0 aliphatic rings. The van der Waals surface area contributed by atoms with Crippen molar-refractivity contribution >= 4 is 21.6 Å². The molecule has 6 heteroatoms. The molecule has 0 bridgehead atoms. The van der Waals surface area contributed by atoms with Crippen LogP contribution in [0.4, 0.5) is 5.69 Å². The van der Waals surface area contributed by atoms with Gasteiger partial charge in [-0.3, -0.25) is 4.79 Å². The molecule has 0 amide bonds. The molecule has 0 fully saturated rings. The van der Waals surface area contributed by atoms with Crippen LogP contribution >= 0.6 is 15.9 Å². The molecule has 1 N–H and O–H groups in total. The lowest BCUT2D eigenvalue weighted by Crippen LogP contribution is -2.24. The average Bonchev–Trinajstić information content (AvgIpc) is 2.41. The molecule has 0 unspecified atom stereocenters. The van der Waals surface area contributed by atoms with Crippen molar-refractivity contribution in [3.63, 3.8) is 0 Å². The molecule has 1 heterocycles. The summed E-state index contributed by atoms with van der Waals surface area (Å²) < 4.78 is 2.10. The number of nitrogens with one attached hydrogen (secondary N) is 1. The number of rotatable bonds is 9. The SMILES string of the molecule is CCCCn1ncc(NCCCCN(C)C)c(Br)c1=O. The van der Waals surface area contributed by atoms with Gasteiger partial charge in [0.15, 0.2) is 0 Å². The zero-order chi connectivity index (χ0) is 15.0. The fourth-order valence-electron chi connectivity index (χ4n) is 1.83. The Hall–Kier alpha value is -0.880. The number of hydrogen-bond acceptors (Lipinski definition) is 4. The van der Waals surface area contributed by atoms with E-state index in [-0.39, 0.29) is 5.56 Å². The van der Waals surface area contributed by atoms with Crippen molar-refractivity contribution in [1.29, 1.82) is 0 Å². The van der Waals surface area contributed by atoms with Gasteiger partial charge in [0.25, 0.3) is 5.56 Å². The van der Waals surface area contributed by atoms with Crippen LogP contribution in [0.25, 0.3) is 0 Å². The first kappa shape index (κ1) is 17.2. The number of aromatic nitrogens is 2. The molecule has 0 saturated carbocycles.